The van der Waals surface area contributed by atoms with Gasteiger partial charge in [0.2, 0.25) is 5.88 Å². The van der Waals surface area contributed by atoms with Crippen molar-refractivity contribution in [2.45, 2.75) is 52.1 Å². The summed E-state index contributed by atoms with van der Waals surface area (Å²) in [7, 11) is 0. The maximum Gasteiger partial charge on any atom is 0.410 e. The van der Waals surface area contributed by atoms with E-state index < -0.39 is 5.60 Å². The molecule has 3 heterocycles. The molecule has 0 atom stereocenters. The van der Waals surface area contributed by atoms with Gasteiger partial charge in [0.25, 0.3) is 0 Å². The van der Waals surface area contributed by atoms with E-state index in [1.165, 1.54) is 0 Å². The van der Waals surface area contributed by atoms with Crippen LogP contribution in [0.1, 0.15) is 50.8 Å². The van der Waals surface area contributed by atoms with Gasteiger partial charge < -0.3 is 19.7 Å². The topological polar surface area (TPSA) is 89.5 Å². The van der Waals surface area contributed by atoms with E-state index in [1.807, 2.05) is 70.3 Å². The van der Waals surface area contributed by atoms with Gasteiger partial charge in [-0.1, -0.05) is 6.07 Å². The van der Waals surface area contributed by atoms with Crippen LogP contribution in [0.3, 0.4) is 0 Å². The van der Waals surface area contributed by atoms with E-state index in [4.69, 9.17) is 9.47 Å². The van der Waals surface area contributed by atoms with Crippen LogP contribution in [0.2, 0.25) is 0 Å². The number of piperidine rings is 1. The Hall–Kier alpha value is -3.68. The zero-order valence-corrected chi connectivity index (χ0v) is 20.1. The normalized spacial score (nSPS) is 14.5. The Labute approximate surface area is 200 Å². The molecular formula is C26H31N5O3. The highest BCUT2D eigenvalue weighted by atomic mass is 16.6. The van der Waals surface area contributed by atoms with Gasteiger partial charge in [-0.05, 0) is 76.4 Å². The standard InChI is InChI=1S/C26H31N5O3/c1-18-5-10-22(29-17-18)30-20-6-8-21(9-7-20)33-24-23(27-13-14-28-24)19-11-15-31(16-12-19)25(32)34-26(2,3)4/h5-10,13-14,17,19H,11-12,15-16H2,1-4H3,(H,29,30). The van der Waals surface area contributed by atoms with Gasteiger partial charge in [-0.25, -0.2) is 14.8 Å². The predicted molar refractivity (Wildman–Crippen MR) is 131 cm³/mol. The summed E-state index contributed by atoms with van der Waals surface area (Å²) in [4.78, 5) is 27.5. The molecule has 0 radical (unpaired) electrons. The quantitative estimate of drug-likeness (QED) is 0.511. The van der Waals surface area contributed by atoms with Gasteiger partial charge in [-0.3, -0.25) is 4.98 Å². The van der Waals surface area contributed by atoms with E-state index >= 15 is 0 Å². The van der Waals surface area contributed by atoms with Crippen LogP contribution in [0.4, 0.5) is 16.3 Å². The Morgan fingerprint density at radius 1 is 1.00 bits per heavy atom. The molecule has 1 aliphatic heterocycles. The summed E-state index contributed by atoms with van der Waals surface area (Å²) in [6, 6.07) is 11.6. The van der Waals surface area contributed by atoms with Crippen molar-refractivity contribution in [2.24, 2.45) is 0 Å². The Balaban J connectivity index is 1.38. The minimum atomic E-state index is -0.498. The number of ether oxygens (including phenoxy) is 2. The second-order valence-corrected chi connectivity index (χ2v) is 9.46. The Morgan fingerprint density at radius 2 is 1.71 bits per heavy atom. The van der Waals surface area contributed by atoms with E-state index in [1.54, 1.807) is 17.3 Å². The SMILES string of the molecule is Cc1ccc(Nc2ccc(Oc3nccnc3C3CCN(C(=O)OC(C)(C)C)CC3)cc2)nc1. The van der Waals surface area contributed by atoms with Crippen LogP contribution >= 0.6 is 0 Å². The van der Waals surface area contributed by atoms with Crippen molar-refractivity contribution < 1.29 is 14.3 Å². The molecule has 34 heavy (non-hydrogen) atoms. The number of carbonyl (C=O) groups is 1. The van der Waals surface area contributed by atoms with Gasteiger partial charge in [0.1, 0.15) is 22.9 Å². The molecule has 0 unspecified atom stereocenters. The fraction of sp³-hybridized carbons (Fsp3) is 0.385. The number of anilines is 2. The molecule has 1 aliphatic rings. The lowest BCUT2D eigenvalue weighted by atomic mass is 9.93. The van der Waals surface area contributed by atoms with E-state index in [0.29, 0.717) is 24.7 Å². The summed E-state index contributed by atoms with van der Waals surface area (Å²) in [5.41, 5.74) is 2.35. The highest BCUT2D eigenvalue weighted by molar-refractivity contribution is 5.68. The Bertz CT molecular complexity index is 1100. The zero-order chi connectivity index (χ0) is 24.1. The predicted octanol–water partition coefficient (Wildman–Crippen LogP) is 5.83. The van der Waals surface area contributed by atoms with Crippen LogP contribution in [-0.4, -0.2) is 44.6 Å². The van der Waals surface area contributed by atoms with Crippen molar-refractivity contribution in [1.82, 2.24) is 19.9 Å². The third-order valence-electron chi connectivity index (χ3n) is 5.48. The minimum Gasteiger partial charge on any atom is -0.444 e. The molecule has 1 aromatic carbocycles. The molecule has 0 saturated carbocycles. The van der Waals surface area contributed by atoms with E-state index in [2.05, 4.69) is 20.3 Å². The van der Waals surface area contributed by atoms with E-state index in [0.717, 1.165) is 35.6 Å². The number of hydrogen-bond acceptors (Lipinski definition) is 7. The number of carbonyl (C=O) groups excluding carboxylic acids is 1. The maximum absolute atomic E-state index is 12.4. The molecule has 8 heteroatoms. The average molecular weight is 462 g/mol. The van der Waals surface area contributed by atoms with E-state index in [9.17, 15) is 4.79 Å². The number of amides is 1. The molecule has 8 nitrogen and oxygen atoms in total. The van der Waals surface area contributed by atoms with Crippen molar-refractivity contribution >= 4 is 17.6 Å². The van der Waals surface area contributed by atoms with Crippen molar-refractivity contribution in [3.05, 3.63) is 66.2 Å². The van der Waals surface area contributed by atoms with Crippen molar-refractivity contribution in [3.8, 4) is 11.6 Å². The third-order valence-corrected chi connectivity index (χ3v) is 5.48. The maximum atomic E-state index is 12.4. The number of pyridine rings is 1. The molecule has 3 aromatic rings. The van der Waals surface area contributed by atoms with Crippen LogP contribution in [0.25, 0.3) is 0 Å². The van der Waals surface area contributed by atoms with Crippen molar-refractivity contribution in [1.29, 1.82) is 0 Å². The van der Waals surface area contributed by atoms with Gasteiger partial charge in [0, 0.05) is 43.3 Å². The number of aryl methyl sites for hydroxylation is 1. The molecule has 1 N–H and O–H groups in total. The molecule has 0 aliphatic carbocycles. The zero-order valence-electron chi connectivity index (χ0n) is 20.1. The molecule has 1 saturated heterocycles. The summed E-state index contributed by atoms with van der Waals surface area (Å²) in [6.07, 6.45) is 6.43. The number of aromatic nitrogens is 3. The number of nitrogens with zero attached hydrogens (tertiary/aromatic N) is 4. The minimum absolute atomic E-state index is 0.163. The lowest BCUT2D eigenvalue weighted by Crippen LogP contribution is -2.41. The summed E-state index contributed by atoms with van der Waals surface area (Å²) in [5, 5.41) is 3.28. The molecule has 4 rings (SSSR count). The first kappa shape index (κ1) is 23.5. The van der Waals surface area contributed by atoms with Crippen LogP contribution in [0.15, 0.2) is 55.0 Å². The monoisotopic (exact) mass is 461 g/mol. The first-order chi connectivity index (χ1) is 16.3. The van der Waals surface area contributed by atoms with Crippen LogP contribution in [0, 0.1) is 6.92 Å². The average Bonchev–Trinajstić information content (AvgIpc) is 2.81. The molecule has 178 valence electrons. The lowest BCUT2D eigenvalue weighted by molar-refractivity contribution is 0.0203. The van der Waals surface area contributed by atoms with E-state index in [-0.39, 0.29) is 12.0 Å². The highest BCUT2D eigenvalue weighted by Crippen LogP contribution is 2.34. The van der Waals surface area contributed by atoms with Gasteiger partial charge in [0.15, 0.2) is 0 Å². The van der Waals surface area contributed by atoms with Gasteiger partial charge in [0.05, 0.1) is 0 Å². The van der Waals surface area contributed by atoms with Gasteiger partial charge in [-0.15, -0.1) is 0 Å². The first-order valence-electron chi connectivity index (χ1n) is 11.5. The van der Waals surface area contributed by atoms with Crippen molar-refractivity contribution in [2.75, 3.05) is 18.4 Å². The molecule has 1 amide bonds. The second-order valence-electron chi connectivity index (χ2n) is 9.46. The molecule has 0 bridgehead atoms. The summed E-state index contributed by atoms with van der Waals surface area (Å²) >= 11 is 0. The molecule has 1 fully saturated rings. The number of benzene rings is 1. The first-order valence-corrected chi connectivity index (χ1v) is 11.5. The Kier molecular flexibility index (Phi) is 6.95. The van der Waals surface area contributed by atoms with Crippen LogP contribution in [-0.2, 0) is 4.74 Å². The molecule has 2 aromatic heterocycles. The lowest BCUT2D eigenvalue weighted by Gasteiger charge is -2.33. The van der Waals surface area contributed by atoms with Gasteiger partial charge >= 0.3 is 6.09 Å². The third kappa shape index (κ3) is 6.21. The summed E-state index contributed by atoms with van der Waals surface area (Å²) < 4.78 is 11.6. The Morgan fingerprint density at radius 3 is 2.35 bits per heavy atom. The summed E-state index contributed by atoms with van der Waals surface area (Å²) in [5.74, 6) is 2.12. The molecule has 0 spiro atoms. The second kappa shape index (κ2) is 10.1. The highest BCUT2D eigenvalue weighted by Gasteiger charge is 2.29. The fourth-order valence-corrected chi connectivity index (χ4v) is 3.76. The largest absolute Gasteiger partial charge is 0.444 e. The van der Waals surface area contributed by atoms with Crippen LogP contribution in [0.5, 0.6) is 11.6 Å². The van der Waals surface area contributed by atoms with Crippen LogP contribution < -0.4 is 10.1 Å². The van der Waals surface area contributed by atoms with Crippen molar-refractivity contribution in [3.63, 3.8) is 0 Å². The number of nitrogens with one attached hydrogen (secondary N) is 1. The fourth-order valence-electron chi connectivity index (χ4n) is 3.76. The number of rotatable bonds is 5. The number of likely N-dealkylation sites (tertiary alicyclic amines) is 1. The smallest absolute Gasteiger partial charge is 0.410 e. The van der Waals surface area contributed by atoms with Gasteiger partial charge in [-0.2, -0.15) is 0 Å². The summed E-state index contributed by atoms with van der Waals surface area (Å²) in [6.45, 7) is 8.87. The molecular weight excluding hydrogens is 430 g/mol. The number of hydrogen-bond donors (Lipinski definition) is 1.